The molecule has 0 unspecified atom stereocenters. The maximum atomic E-state index is 12.6. The molecule has 21 heavy (non-hydrogen) atoms. The lowest BCUT2D eigenvalue weighted by Gasteiger charge is -2.13. The molecule has 0 N–H and O–H groups in total. The van der Waals surface area contributed by atoms with E-state index in [-0.39, 0.29) is 18.2 Å². The van der Waals surface area contributed by atoms with Gasteiger partial charge in [0.1, 0.15) is 6.42 Å². The summed E-state index contributed by atoms with van der Waals surface area (Å²) in [7, 11) is 0.933. The zero-order chi connectivity index (χ0) is 16.4. The summed E-state index contributed by atoms with van der Waals surface area (Å²) in [5.41, 5.74) is -4.10. The lowest BCUT2D eigenvalue weighted by molar-refractivity contribution is -0.143. The molecule has 0 fully saturated rings. The molecule has 0 aliphatic heterocycles. The van der Waals surface area contributed by atoms with E-state index in [0.29, 0.717) is 0 Å². The predicted molar refractivity (Wildman–Crippen MR) is 57.4 cm³/mol. The maximum Gasteiger partial charge on any atom is 0.416 e. The highest BCUT2D eigenvalue weighted by molar-refractivity contribution is 6.06. The second-order valence-corrected chi connectivity index (χ2v) is 3.97. The first-order valence-electron chi connectivity index (χ1n) is 5.34. The van der Waals surface area contributed by atoms with E-state index in [2.05, 4.69) is 4.74 Å². The molecule has 116 valence electrons. The highest BCUT2D eigenvalue weighted by Crippen LogP contribution is 2.36. The second kappa shape index (κ2) is 5.74. The third-order valence-electron chi connectivity index (χ3n) is 2.44. The minimum Gasteiger partial charge on any atom is -0.469 e. The molecule has 0 bridgehead atoms. The van der Waals surface area contributed by atoms with Crippen molar-refractivity contribution in [3.8, 4) is 0 Å². The molecule has 0 radical (unpaired) electrons. The summed E-state index contributed by atoms with van der Waals surface area (Å²) < 4.78 is 79.5. The molecule has 0 spiro atoms. The normalized spacial score (nSPS) is 12.1. The molecule has 1 aromatic rings. The lowest BCUT2D eigenvalue weighted by atomic mass is 10.0. The van der Waals surface area contributed by atoms with Crippen LogP contribution in [0.4, 0.5) is 26.3 Å². The summed E-state index contributed by atoms with van der Waals surface area (Å²) in [5, 5.41) is 0. The van der Waals surface area contributed by atoms with Crippen LogP contribution in [-0.4, -0.2) is 18.9 Å². The number of hydrogen-bond donors (Lipinski definition) is 0. The van der Waals surface area contributed by atoms with Crippen LogP contribution in [0.5, 0.6) is 0 Å². The summed E-state index contributed by atoms with van der Waals surface area (Å²) in [6, 6.07) is 0.427. The Balaban J connectivity index is 3.32. The molecule has 0 amide bonds. The number of carbonyl (C=O) groups excluding carboxylic acids is 2. The summed E-state index contributed by atoms with van der Waals surface area (Å²) in [6.45, 7) is 0. The summed E-state index contributed by atoms with van der Waals surface area (Å²) in [6.07, 6.45) is -11.1. The van der Waals surface area contributed by atoms with Crippen LogP contribution in [0.2, 0.25) is 0 Å². The van der Waals surface area contributed by atoms with Gasteiger partial charge in [-0.1, -0.05) is 0 Å². The van der Waals surface area contributed by atoms with Gasteiger partial charge < -0.3 is 4.74 Å². The van der Waals surface area contributed by atoms with Gasteiger partial charge in [-0.15, -0.1) is 0 Å². The summed E-state index contributed by atoms with van der Waals surface area (Å²) in [5.74, 6) is -2.26. The lowest BCUT2D eigenvalue weighted by Crippen LogP contribution is -2.15. The largest absolute Gasteiger partial charge is 0.469 e. The van der Waals surface area contributed by atoms with Crippen LogP contribution in [-0.2, 0) is 21.9 Å². The summed E-state index contributed by atoms with van der Waals surface area (Å²) in [4.78, 5) is 22.4. The first kappa shape index (κ1) is 17.0. The smallest absolute Gasteiger partial charge is 0.416 e. The molecular formula is C12H8F6O3. The van der Waals surface area contributed by atoms with Crippen molar-refractivity contribution < 1.29 is 40.7 Å². The number of benzene rings is 1. The fourth-order valence-electron chi connectivity index (χ4n) is 1.42. The van der Waals surface area contributed by atoms with Gasteiger partial charge in [-0.3, -0.25) is 9.59 Å². The van der Waals surface area contributed by atoms with Crippen molar-refractivity contribution in [2.75, 3.05) is 7.11 Å². The molecule has 9 heteroatoms. The van der Waals surface area contributed by atoms with E-state index < -0.39 is 47.2 Å². The van der Waals surface area contributed by atoms with E-state index >= 15 is 0 Å². The number of ketones is 1. The molecule has 1 aromatic carbocycles. The average molecular weight is 314 g/mol. The van der Waals surface area contributed by atoms with Gasteiger partial charge in [0, 0.05) is 5.56 Å². The second-order valence-electron chi connectivity index (χ2n) is 3.97. The van der Waals surface area contributed by atoms with Crippen LogP contribution in [0.15, 0.2) is 18.2 Å². The van der Waals surface area contributed by atoms with Gasteiger partial charge in [0.2, 0.25) is 0 Å². The predicted octanol–water partition coefficient (Wildman–Crippen LogP) is 3.47. The Morgan fingerprint density at radius 2 is 1.38 bits per heavy atom. The van der Waals surface area contributed by atoms with Gasteiger partial charge in [-0.25, -0.2) is 0 Å². The highest BCUT2D eigenvalue weighted by Gasteiger charge is 2.37. The monoisotopic (exact) mass is 314 g/mol. The molecule has 1 rings (SSSR count). The standard InChI is InChI=1S/C12H8F6O3/c1-21-10(20)5-9(19)6-2-7(11(13,14)15)4-8(3-6)12(16,17)18/h2-4H,5H2,1H3. The van der Waals surface area contributed by atoms with Crippen LogP contribution >= 0.6 is 0 Å². The minimum atomic E-state index is -5.05. The third kappa shape index (κ3) is 4.47. The Morgan fingerprint density at radius 3 is 1.71 bits per heavy atom. The van der Waals surface area contributed by atoms with Gasteiger partial charge in [-0.05, 0) is 18.2 Å². The highest BCUT2D eigenvalue weighted by atomic mass is 19.4. The van der Waals surface area contributed by atoms with Gasteiger partial charge in [0.25, 0.3) is 0 Å². The molecule has 0 atom stereocenters. The fraction of sp³-hybridized carbons (Fsp3) is 0.333. The van der Waals surface area contributed by atoms with Crippen LogP contribution in [0.1, 0.15) is 27.9 Å². The van der Waals surface area contributed by atoms with Crippen molar-refractivity contribution in [1.29, 1.82) is 0 Å². The molecule has 0 aromatic heterocycles. The number of alkyl halides is 6. The third-order valence-corrected chi connectivity index (χ3v) is 2.44. The molecule has 0 heterocycles. The Bertz CT molecular complexity index is 527. The van der Waals surface area contributed by atoms with E-state index in [9.17, 15) is 35.9 Å². The molecule has 0 saturated carbocycles. The number of esters is 1. The number of hydrogen-bond acceptors (Lipinski definition) is 3. The first-order valence-corrected chi connectivity index (χ1v) is 5.34. The Hall–Kier alpha value is -2.06. The molecule has 0 saturated heterocycles. The van der Waals surface area contributed by atoms with Crippen molar-refractivity contribution in [2.45, 2.75) is 18.8 Å². The van der Waals surface area contributed by atoms with Crippen molar-refractivity contribution in [3.63, 3.8) is 0 Å². The van der Waals surface area contributed by atoms with Crippen LogP contribution in [0.25, 0.3) is 0 Å². The van der Waals surface area contributed by atoms with E-state index in [4.69, 9.17) is 0 Å². The van der Waals surface area contributed by atoms with E-state index in [1.807, 2.05) is 0 Å². The Kier molecular flexibility index (Phi) is 4.65. The van der Waals surface area contributed by atoms with Gasteiger partial charge in [-0.2, -0.15) is 26.3 Å². The van der Waals surface area contributed by atoms with Gasteiger partial charge in [0.15, 0.2) is 5.78 Å². The number of rotatable bonds is 3. The van der Waals surface area contributed by atoms with Crippen LogP contribution < -0.4 is 0 Å². The number of carbonyl (C=O) groups is 2. The van der Waals surface area contributed by atoms with Crippen molar-refractivity contribution in [3.05, 3.63) is 34.9 Å². The molecule has 0 aliphatic rings. The Labute approximate surface area is 114 Å². The van der Waals surface area contributed by atoms with Crippen molar-refractivity contribution in [2.24, 2.45) is 0 Å². The van der Waals surface area contributed by atoms with E-state index in [1.165, 1.54) is 0 Å². The number of halogens is 6. The van der Waals surface area contributed by atoms with Crippen molar-refractivity contribution in [1.82, 2.24) is 0 Å². The fourth-order valence-corrected chi connectivity index (χ4v) is 1.42. The Morgan fingerprint density at radius 1 is 0.952 bits per heavy atom. The molecule has 3 nitrogen and oxygen atoms in total. The zero-order valence-electron chi connectivity index (χ0n) is 10.4. The van der Waals surface area contributed by atoms with Crippen LogP contribution in [0.3, 0.4) is 0 Å². The molecular weight excluding hydrogens is 306 g/mol. The minimum absolute atomic E-state index is 0.102. The van der Waals surface area contributed by atoms with Gasteiger partial charge >= 0.3 is 18.3 Å². The average Bonchev–Trinajstić information content (AvgIpc) is 2.35. The number of ether oxygens (including phenoxy) is 1. The maximum absolute atomic E-state index is 12.6. The van der Waals surface area contributed by atoms with E-state index in [1.54, 1.807) is 0 Å². The van der Waals surface area contributed by atoms with E-state index in [0.717, 1.165) is 7.11 Å². The van der Waals surface area contributed by atoms with Gasteiger partial charge in [0.05, 0.1) is 18.2 Å². The quantitative estimate of drug-likeness (QED) is 0.371. The van der Waals surface area contributed by atoms with Crippen molar-refractivity contribution >= 4 is 11.8 Å². The SMILES string of the molecule is COC(=O)CC(=O)c1cc(C(F)(F)F)cc(C(F)(F)F)c1. The number of Topliss-reactive ketones (excluding diaryl/α,β-unsaturated/α-hetero) is 1. The zero-order valence-corrected chi connectivity index (χ0v) is 10.4. The number of methoxy groups -OCH3 is 1. The topological polar surface area (TPSA) is 43.4 Å². The van der Waals surface area contributed by atoms with Crippen LogP contribution in [0, 0.1) is 0 Å². The summed E-state index contributed by atoms with van der Waals surface area (Å²) >= 11 is 0. The first-order chi connectivity index (χ1) is 9.45. The molecule has 0 aliphatic carbocycles.